The summed E-state index contributed by atoms with van der Waals surface area (Å²) < 4.78 is 26.8. The summed E-state index contributed by atoms with van der Waals surface area (Å²) in [4.78, 5) is 19.0. The van der Waals surface area contributed by atoms with Crippen LogP contribution in [0, 0.1) is 0 Å². The number of anilines is 1. The number of benzene rings is 1. The molecule has 1 aromatic heterocycles. The third-order valence-corrected chi connectivity index (χ3v) is 5.66. The van der Waals surface area contributed by atoms with Crippen molar-refractivity contribution in [2.24, 2.45) is 0 Å². The summed E-state index contributed by atoms with van der Waals surface area (Å²) in [6.07, 6.45) is 3.16. The highest BCUT2D eigenvalue weighted by Crippen LogP contribution is 2.22. The lowest BCUT2D eigenvalue weighted by Gasteiger charge is -2.22. The largest absolute Gasteiger partial charge is 0.347 e. The summed E-state index contributed by atoms with van der Waals surface area (Å²) in [7, 11) is -0.602. The first kappa shape index (κ1) is 15.7. The van der Waals surface area contributed by atoms with E-state index >= 15 is 0 Å². The van der Waals surface area contributed by atoms with Crippen LogP contribution in [0.5, 0.6) is 0 Å². The minimum absolute atomic E-state index is 0.0859. The molecule has 0 saturated heterocycles. The second kappa shape index (κ2) is 5.81. The van der Waals surface area contributed by atoms with Gasteiger partial charge in [-0.3, -0.25) is 4.79 Å². The van der Waals surface area contributed by atoms with Gasteiger partial charge >= 0.3 is 0 Å². The van der Waals surface area contributed by atoms with E-state index in [2.05, 4.69) is 4.98 Å². The van der Waals surface area contributed by atoms with E-state index in [1.165, 1.54) is 12.1 Å². The maximum absolute atomic E-state index is 13.0. The zero-order valence-corrected chi connectivity index (χ0v) is 14.0. The van der Waals surface area contributed by atoms with Crippen LogP contribution in [-0.2, 0) is 22.9 Å². The molecule has 1 aliphatic carbocycles. The monoisotopic (exact) mass is 333 g/mol. The van der Waals surface area contributed by atoms with Crippen molar-refractivity contribution < 1.29 is 8.42 Å². The molecule has 3 rings (SSSR count). The van der Waals surface area contributed by atoms with Gasteiger partial charge in [-0.15, -0.1) is 0 Å². The highest BCUT2D eigenvalue weighted by Gasteiger charge is 2.28. The summed E-state index contributed by atoms with van der Waals surface area (Å²) in [5.41, 5.74) is 0.785. The van der Waals surface area contributed by atoms with Crippen molar-refractivity contribution >= 4 is 16.0 Å². The summed E-state index contributed by atoms with van der Waals surface area (Å²) in [5.74, 6) is 0.152. The lowest BCUT2D eigenvalue weighted by Crippen LogP contribution is -2.37. The Balaban J connectivity index is 2.32. The second-order valence-corrected chi connectivity index (χ2v) is 7.61. The molecule has 122 valence electrons. The summed E-state index contributed by atoms with van der Waals surface area (Å²) >= 11 is 0. The normalized spacial score (nSPS) is 14.3. The Bertz CT molecular complexity index is 887. The minimum atomic E-state index is -3.98. The van der Waals surface area contributed by atoms with Crippen molar-refractivity contribution in [3.8, 4) is 0 Å². The van der Waals surface area contributed by atoms with E-state index in [0.717, 1.165) is 28.9 Å². The SMILES string of the molecule is CN(C)c1nc2c(c(=O)n1S(=O)(=O)c1ccccc1)CCCC2. The van der Waals surface area contributed by atoms with Gasteiger partial charge in [-0.25, -0.2) is 13.4 Å². The van der Waals surface area contributed by atoms with E-state index in [4.69, 9.17) is 0 Å². The predicted molar refractivity (Wildman–Crippen MR) is 88.5 cm³/mol. The van der Waals surface area contributed by atoms with Crippen molar-refractivity contribution in [3.05, 3.63) is 51.9 Å². The number of fused-ring (bicyclic) bond motifs is 1. The van der Waals surface area contributed by atoms with Gasteiger partial charge in [-0.05, 0) is 37.8 Å². The van der Waals surface area contributed by atoms with Crippen LogP contribution in [0.1, 0.15) is 24.1 Å². The molecule has 7 heteroatoms. The molecule has 2 aromatic rings. The Labute approximate surface area is 135 Å². The van der Waals surface area contributed by atoms with Crippen LogP contribution >= 0.6 is 0 Å². The van der Waals surface area contributed by atoms with Gasteiger partial charge < -0.3 is 4.90 Å². The van der Waals surface area contributed by atoms with Gasteiger partial charge in [0.25, 0.3) is 15.6 Å². The zero-order valence-electron chi connectivity index (χ0n) is 13.2. The molecule has 0 bridgehead atoms. The molecule has 0 aliphatic heterocycles. The van der Waals surface area contributed by atoms with Crippen molar-refractivity contribution in [2.75, 3.05) is 19.0 Å². The van der Waals surface area contributed by atoms with Crippen LogP contribution in [0.4, 0.5) is 5.95 Å². The van der Waals surface area contributed by atoms with E-state index in [-0.39, 0.29) is 10.8 Å². The lowest BCUT2D eigenvalue weighted by molar-refractivity contribution is 0.579. The van der Waals surface area contributed by atoms with Gasteiger partial charge in [-0.2, -0.15) is 3.97 Å². The fourth-order valence-corrected chi connectivity index (χ4v) is 4.28. The molecule has 0 spiro atoms. The third-order valence-electron chi connectivity index (χ3n) is 3.98. The molecule has 0 N–H and O–H groups in total. The molecule has 23 heavy (non-hydrogen) atoms. The first-order valence-corrected chi connectivity index (χ1v) is 8.99. The third kappa shape index (κ3) is 2.65. The number of hydrogen-bond acceptors (Lipinski definition) is 5. The van der Waals surface area contributed by atoms with Crippen LogP contribution < -0.4 is 10.5 Å². The Kier molecular flexibility index (Phi) is 3.97. The van der Waals surface area contributed by atoms with Gasteiger partial charge in [0.2, 0.25) is 5.95 Å². The highest BCUT2D eigenvalue weighted by atomic mass is 32.2. The average molecular weight is 333 g/mol. The van der Waals surface area contributed by atoms with Gasteiger partial charge in [0, 0.05) is 19.7 Å². The molecule has 0 radical (unpaired) electrons. The molecule has 1 aromatic carbocycles. The number of aryl methyl sites for hydroxylation is 1. The van der Waals surface area contributed by atoms with Crippen LogP contribution in [0.3, 0.4) is 0 Å². The van der Waals surface area contributed by atoms with Gasteiger partial charge in [0.15, 0.2) is 0 Å². The molecule has 0 unspecified atom stereocenters. The number of aromatic nitrogens is 2. The molecule has 0 atom stereocenters. The molecule has 0 saturated carbocycles. The highest BCUT2D eigenvalue weighted by molar-refractivity contribution is 7.90. The van der Waals surface area contributed by atoms with Crippen LogP contribution in [0.15, 0.2) is 40.0 Å². The molecule has 1 heterocycles. The van der Waals surface area contributed by atoms with E-state index in [0.29, 0.717) is 12.0 Å². The topological polar surface area (TPSA) is 72.3 Å². The lowest BCUT2D eigenvalue weighted by atomic mass is 9.97. The van der Waals surface area contributed by atoms with Gasteiger partial charge in [-0.1, -0.05) is 18.2 Å². The summed E-state index contributed by atoms with van der Waals surface area (Å²) in [5, 5.41) is 0. The maximum Gasteiger partial charge on any atom is 0.273 e. The van der Waals surface area contributed by atoms with E-state index in [9.17, 15) is 13.2 Å². The minimum Gasteiger partial charge on any atom is -0.347 e. The number of nitrogens with zero attached hydrogens (tertiary/aromatic N) is 3. The van der Waals surface area contributed by atoms with Crippen molar-refractivity contribution in [1.82, 2.24) is 8.96 Å². The first-order valence-electron chi connectivity index (χ1n) is 7.55. The van der Waals surface area contributed by atoms with Crippen LogP contribution in [0.25, 0.3) is 0 Å². The van der Waals surface area contributed by atoms with Crippen LogP contribution in [-0.4, -0.2) is 31.5 Å². The fraction of sp³-hybridized carbons (Fsp3) is 0.375. The Hall–Kier alpha value is -2.15. The predicted octanol–water partition coefficient (Wildman–Crippen LogP) is 1.43. The number of rotatable bonds is 3. The van der Waals surface area contributed by atoms with Gasteiger partial charge in [0.05, 0.1) is 10.6 Å². The molecule has 6 nitrogen and oxygen atoms in total. The standard InChI is InChI=1S/C16H19N3O3S/c1-18(2)16-17-14-11-7-6-10-13(14)15(20)19(16)23(21,22)12-8-4-3-5-9-12/h3-5,8-9H,6-7,10-11H2,1-2H3. The van der Waals surface area contributed by atoms with E-state index < -0.39 is 15.6 Å². The van der Waals surface area contributed by atoms with E-state index in [1.807, 2.05) is 0 Å². The quantitative estimate of drug-likeness (QED) is 0.849. The molecule has 0 fully saturated rings. The van der Waals surface area contributed by atoms with Crippen molar-refractivity contribution in [2.45, 2.75) is 30.6 Å². The van der Waals surface area contributed by atoms with Crippen LogP contribution in [0.2, 0.25) is 0 Å². The molecular weight excluding hydrogens is 314 g/mol. The van der Waals surface area contributed by atoms with Crippen molar-refractivity contribution in [1.29, 1.82) is 0 Å². The Morgan fingerprint density at radius 2 is 1.74 bits per heavy atom. The maximum atomic E-state index is 13.0. The molecule has 0 amide bonds. The number of hydrogen-bond donors (Lipinski definition) is 0. The smallest absolute Gasteiger partial charge is 0.273 e. The first-order chi connectivity index (χ1) is 10.9. The Morgan fingerprint density at radius 1 is 1.09 bits per heavy atom. The zero-order chi connectivity index (χ0) is 16.6. The van der Waals surface area contributed by atoms with Gasteiger partial charge in [0.1, 0.15) is 0 Å². The molecular formula is C16H19N3O3S. The average Bonchev–Trinajstić information content (AvgIpc) is 2.55. The second-order valence-electron chi connectivity index (χ2n) is 5.83. The molecule has 1 aliphatic rings. The summed E-state index contributed by atoms with van der Waals surface area (Å²) in [6, 6.07) is 7.99. The Morgan fingerprint density at radius 3 is 2.39 bits per heavy atom. The van der Waals surface area contributed by atoms with Crippen molar-refractivity contribution in [3.63, 3.8) is 0 Å². The summed E-state index contributed by atoms with van der Waals surface area (Å²) in [6.45, 7) is 0. The fourth-order valence-electron chi connectivity index (χ4n) is 2.82. The van der Waals surface area contributed by atoms with E-state index in [1.54, 1.807) is 37.2 Å².